The van der Waals surface area contributed by atoms with Crippen molar-refractivity contribution in [2.24, 2.45) is 7.05 Å². The Kier molecular flexibility index (Phi) is 6.30. The summed E-state index contributed by atoms with van der Waals surface area (Å²) in [5.41, 5.74) is -1.11. The van der Waals surface area contributed by atoms with Gasteiger partial charge < -0.3 is 5.11 Å². The monoisotopic (exact) mass is 578 g/mol. The molecule has 4 aromatic rings. The van der Waals surface area contributed by atoms with E-state index in [9.17, 15) is 32.7 Å². The van der Waals surface area contributed by atoms with Crippen molar-refractivity contribution < 1.29 is 23.1 Å². The zero-order valence-corrected chi connectivity index (χ0v) is 22.4. The third-order valence-electron chi connectivity index (χ3n) is 7.89. The van der Waals surface area contributed by atoms with E-state index < -0.39 is 40.6 Å². The molecule has 6 rings (SSSR count). The third-order valence-corrected chi connectivity index (χ3v) is 8.22. The van der Waals surface area contributed by atoms with Gasteiger partial charge in [-0.1, -0.05) is 60.2 Å². The highest BCUT2D eigenvalue weighted by Crippen LogP contribution is 2.38. The van der Waals surface area contributed by atoms with Crippen LogP contribution in [-0.2, 0) is 19.6 Å². The second-order valence-electron chi connectivity index (χ2n) is 10.1. The number of alkyl halides is 3. The van der Waals surface area contributed by atoms with Crippen molar-refractivity contribution in [3.63, 3.8) is 0 Å². The van der Waals surface area contributed by atoms with Crippen molar-refractivity contribution in [2.75, 3.05) is 0 Å². The molecule has 208 valence electrons. The number of hydrogen-bond donors (Lipinski definition) is 1. The Morgan fingerprint density at radius 1 is 1.00 bits per heavy atom. The van der Waals surface area contributed by atoms with E-state index in [0.29, 0.717) is 27.5 Å². The lowest BCUT2D eigenvalue weighted by Crippen LogP contribution is -2.46. The van der Waals surface area contributed by atoms with E-state index in [-0.39, 0.29) is 22.7 Å². The molecular weight excluding hydrogens is 557 g/mol. The molecule has 1 heterocycles. The Morgan fingerprint density at radius 2 is 1.76 bits per heavy atom. The van der Waals surface area contributed by atoms with Gasteiger partial charge >= 0.3 is 17.8 Å². The van der Waals surface area contributed by atoms with Gasteiger partial charge in [-0.05, 0) is 70.2 Å². The number of benzene rings is 3. The van der Waals surface area contributed by atoms with Gasteiger partial charge in [0.15, 0.2) is 0 Å². The first-order valence-electron chi connectivity index (χ1n) is 12.9. The molecule has 0 fully saturated rings. The Morgan fingerprint density at radius 3 is 2.49 bits per heavy atom. The van der Waals surface area contributed by atoms with Crippen LogP contribution in [0, 0.1) is 0 Å². The van der Waals surface area contributed by atoms with Crippen LogP contribution in [0.2, 0.25) is 5.02 Å². The lowest BCUT2D eigenvalue weighted by Gasteiger charge is -2.27. The van der Waals surface area contributed by atoms with Crippen LogP contribution < -0.4 is 21.7 Å². The number of aromatic carboxylic acids is 1. The Labute approximate surface area is 235 Å². The highest BCUT2D eigenvalue weighted by molar-refractivity contribution is 6.33. The standard InChI is InChI=1S/C31H22ClF3N2O4/c1-36-27(31(33,34)35)26(28(38)37(30(36)41)17-10-14-25(32)24(15-17)29(39)40)23-8-4-7-19-21-11-9-16-5-2-3-6-18(16)20(21)12-13-22(19)23/h2-3,5-7,10-15,23H,4,8-9H2,1H3,(H,39,40). The molecule has 1 aromatic heterocycles. The van der Waals surface area contributed by atoms with Crippen LogP contribution in [0.25, 0.3) is 29.0 Å². The molecule has 2 aliphatic carbocycles. The molecule has 1 unspecified atom stereocenters. The van der Waals surface area contributed by atoms with E-state index in [1.54, 1.807) is 6.07 Å². The fourth-order valence-electron chi connectivity index (χ4n) is 6.10. The van der Waals surface area contributed by atoms with Gasteiger partial charge in [0.05, 0.1) is 21.8 Å². The molecule has 0 radical (unpaired) electrons. The van der Waals surface area contributed by atoms with Crippen LogP contribution in [0.1, 0.15) is 51.5 Å². The molecule has 0 saturated carbocycles. The summed E-state index contributed by atoms with van der Waals surface area (Å²) in [4.78, 5) is 38.9. The highest BCUT2D eigenvalue weighted by Gasteiger charge is 2.42. The minimum Gasteiger partial charge on any atom is -0.478 e. The minimum absolute atomic E-state index is 0.141. The van der Waals surface area contributed by atoms with E-state index in [4.69, 9.17) is 11.6 Å². The first-order valence-corrected chi connectivity index (χ1v) is 13.2. The van der Waals surface area contributed by atoms with Crippen molar-refractivity contribution >= 4 is 29.7 Å². The van der Waals surface area contributed by atoms with Crippen LogP contribution in [0.15, 0.2) is 64.2 Å². The quantitative estimate of drug-likeness (QED) is 0.385. The molecule has 0 spiro atoms. The molecule has 0 amide bonds. The van der Waals surface area contributed by atoms with Gasteiger partial charge in [-0.3, -0.25) is 9.36 Å². The largest absolute Gasteiger partial charge is 0.478 e. The number of aromatic nitrogens is 2. The first kappa shape index (κ1) is 26.8. The summed E-state index contributed by atoms with van der Waals surface area (Å²) < 4.78 is 44.7. The predicted octanol–water partition coefficient (Wildman–Crippen LogP) is 4.62. The highest BCUT2D eigenvalue weighted by atomic mass is 35.5. The summed E-state index contributed by atoms with van der Waals surface area (Å²) in [6, 6.07) is 15.0. The summed E-state index contributed by atoms with van der Waals surface area (Å²) in [6.07, 6.45) is 0.351. The van der Waals surface area contributed by atoms with Gasteiger partial charge in [-0.15, -0.1) is 0 Å². The van der Waals surface area contributed by atoms with Crippen LogP contribution in [0.4, 0.5) is 13.2 Å². The smallest absolute Gasteiger partial charge is 0.432 e. The van der Waals surface area contributed by atoms with Crippen LogP contribution in [0.5, 0.6) is 0 Å². The summed E-state index contributed by atoms with van der Waals surface area (Å²) in [5.74, 6) is -2.37. The molecule has 41 heavy (non-hydrogen) atoms. The Balaban J connectivity index is 1.64. The molecule has 0 saturated heterocycles. The van der Waals surface area contributed by atoms with E-state index >= 15 is 0 Å². The number of hydrogen-bond acceptors (Lipinski definition) is 3. The lowest BCUT2D eigenvalue weighted by molar-refractivity contribution is -0.144. The predicted molar refractivity (Wildman–Crippen MR) is 149 cm³/mol. The average molecular weight is 579 g/mol. The van der Waals surface area contributed by atoms with E-state index in [2.05, 4.69) is 6.08 Å². The molecule has 10 heteroatoms. The Hall–Kier alpha value is -4.37. The summed E-state index contributed by atoms with van der Waals surface area (Å²) in [5, 5.41) is 11.0. The van der Waals surface area contributed by atoms with Crippen LogP contribution in [-0.4, -0.2) is 20.2 Å². The van der Waals surface area contributed by atoms with E-state index in [1.165, 1.54) is 12.1 Å². The topological polar surface area (TPSA) is 81.3 Å². The number of rotatable bonds is 3. The van der Waals surface area contributed by atoms with Gasteiger partial charge in [0.1, 0.15) is 5.69 Å². The van der Waals surface area contributed by atoms with Crippen LogP contribution >= 0.6 is 11.6 Å². The fraction of sp³-hybridized carbons (Fsp3) is 0.194. The zero-order chi connectivity index (χ0) is 29.2. The summed E-state index contributed by atoms with van der Waals surface area (Å²) in [7, 11) is 0.964. The molecule has 3 aromatic carbocycles. The zero-order valence-electron chi connectivity index (χ0n) is 21.6. The van der Waals surface area contributed by atoms with Crippen molar-refractivity contribution in [2.45, 2.75) is 31.4 Å². The number of carbonyl (C=O) groups is 1. The van der Waals surface area contributed by atoms with Gasteiger partial charge in [-0.2, -0.15) is 13.2 Å². The Bertz CT molecular complexity index is 2030. The number of halogens is 4. The minimum atomic E-state index is -5.01. The van der Waals surface area contributed by atoms with Crippen molar-refractivity contribution in [1.29, 1.82) is 0 Å². The maximum absolute atomic E-state index is 14.6. The molecule has 1 atom stereocenters. The second kappa shape index (κ2) is 9.62. The SMILES string of the molecule is Cn1c(C(F)(F)F)c(C2CCC=c3c2ccc2c3=CCc3ccccc3-2)c(=O)n(-c2ccc(Cl)c(C(=O)O)c2)c1=O. The van der Waals surface area contributed by atoms with Gasteiger partial charge in [-0.25, -0.2) is 14.2 Å². The molecule has 2 aliphatic rings. The molecule has 0 aliphatic heterocycles. The van der Waals surface area contributed by atoms with Crippen LogP contribution in [0.3, 0.4) is 0 Å². The number of carboxylic acid groups (broad SMARTS) is 1. The maximum atomic E-state index is 14.6. The molecule has 6 nitrogen and oxygen atoms in total. The number of fused-ring (bicyclic) bond motifs is 5. The molecular formula is C31H22ClF3N2O4. The van der Waals surface area contributed by atoms with Gasteiger partial charge in [0.25, 0.3) is 5.56 Å². The fourth-order valence-corrected chi connectivity index (χ4v) is 6.30. The first-order chi connectivity index (χ1) is 19.5. The number of nitrogens with zero attached hydrogens (tertiary/aromatic N) is 2. The van der Waals surface area contributed by atoms with E-state index in [0.717, 1.165) is 40.2 Å². The van der Waals surface area contributed by atoms with Crippen molar-refractivity contribution in [3.8, 4) is 16.8 Å². The van der Waals surface area contributed by atoms with Gasteiger partial charge in [0, 0.05) is 13.0 Å². The average Bonchev–Trinajstić information content (AvgIpc) is 2.94. The summed E-state index contributed by atoms with van der Waals surface area (Å²) in [6.45, 7) is 0. The normalized spacial score (nSPS) is 15.7. The molecule has 1 N–H and O–H groups in total. The summed E-state index contributed by atoms with van der Waals surface area (Å²) >= 11 is 5.97. The number of carboxylic acids is 1. The van der Waals surface area contributed by atoms with Crippen molar-refractivity contribution in [1.82, 2.24) is 9.13 Å². The lowest BCUT2D eigenvalue weighted by atomic mass is 9.79. The van der Waals surface area contributed by atoms with Crippen molar-refractivity contribution in [3.05, 3.63) is 119 Å². The maximum Gasteiger partial charge on any atom is 0.432 e. The van der Waals surface area contributed by atoms with E-state index in [1.807, 2.05) is 36.4 Å². The molecule has 0 bridgehead atoms. The second-order valence-corrected chi connectivity index (χ2v) is 10.5. The third kappa shape index (κ3) is 4.23. The van der Waals surface area contributed by atoms with Gasteiger partial charge in [0.2, 0.25) is 0 Å².